The van der Waals surface area contributed by atoms with Crippen molar-refractivity contribution >= 4 is 35.8 Å². The van der Waals surface area contributed by atoms with Crippen LogP contribution in [0.15, 0.2) is 121 Å². The molecule has 0 aromatic heterocycles. The minimum atomic E-state index is -2.60. The van der Waals surface area contributed by atoms with Crippen LogP contribution in [0.25, 0.3) is 0 Å². The van der Waals surface area contributed by atoms with Gasteiger partial charge >= 0.3 is 14.6 Å². The molecule has 3 nitrogen and oxygen atoms in total. The van der Waals surface area contributed by atoms with Crippen LogP contribution in [0.1, 0.15) is 0 Å². The lowest BCUT2D eigenvalue weighted by Gasteiger charge is -2.17. The number of hydrogen-bond donors (Lipinski definition) is 0. The zero-order chi connectivity index (χ0) is 21.6. The van der Waals surface area contributed by atoms with Crippen LogP contribution in [0, 0.1) is 0 Å². The van der Waals surface area contributed by atoms with E-state index in [0.717, 1.165) is 21.2 Å². The maximum Gasteiger partial charge on any atom is 0.400 e. The summed E-state index contributed by atoms with van der Waals surface area (Å²) in [5.74, 6) is 0. The van der Waals surface area contributed by atoms with Crippen molar-refractivity contribution in [2.45, 2.75) is 0 Å². The monoisotopic (exact) mass is 446 g/mol. The summed E-state index contributed by atoms with van der Waals surface area (Å²) in [6, 6.07) is 41.3. The Morgan fingerprint density at radius 1 is 0.419 bits per heavy atom. The van der Waals surface area contributed by atoms with Crippen molar-refractivity contribution in [3.63, 3.8) is 0 Å². The van der Waals surface area contributed by atoms with Crippen molar-refractivity contribution in [2.24, 2.45) is 0 Å². The molecule has 0 bridgehead atoms. The molecule has 4 rings (SSSR count). The predicted octanol–water partition coefficient (Wildman–Crippen LogP) is 4.88. The molecule has 0 N–H and O–H groups in total. The molecule has 0 aliphatic carbocycles. The fraction of sp³-hybridized carbons (Fsp3) is 0.0769. The van der Waals surface area contributed by atoms with Gasteiger partial charge in [0.2, 0.25) is 0 Å². The summed E-state index contributed by atoms with van der Waals surface area (Å²) < 4.78 is 18.4. The fourth-order valence-corrected chi connectivity index (χ4v) is 11.1. The molecule has 156 valence electrons. The highest BCUT2D eigenvalue weighted by Gasteiger charge is 2.43. The van der Waals surface area contributed by atoms with E-state index in [-0.39, 0.29) is 0 Å². The van der Waals surface area contributed by atoms with Gasteiger partial charge in [0.15, 0.2) is 0 Å². The first-order valence-electron chi connectivity index (χ1n) is 10.1. The van der Waals surface area contributed by atoms with Gasteiger partial charge in [-0.25, -0.2) is 0 Å². The molecular weight excluding hydrogens is 420 g/mol. The van der Waals surface area contributed by atoms with Crippen LogP contribution in [0.4, 0.5) is 0 Å². The average Bonchev–Trinajstić information content (AvgIpc) is 2.87. The lowest BCUT2D eigenvalue weighted by atomic mass is 10.4. The van der Waals surface area contributed by atoms with Crippen LogP contribution in [0.2, 0.25) is 0 Å². The summed E-state index contributed by atoms with van der Waals surface area (Å²) in [5.41, 5.74) is 0. The van der Waals surface area contributed by atoms with E-state index in [2.05, 4.69) is 48.5 Å². The van der Waals surface area contributed by atoms with Crippen LogP contribution < -0.4 is 25.4 Å². The lowest BCUT2D eigenvalue weighted by molar-refractivity contribution is 0.458. The SMILES string of the molecule is COP(=[N+]=P(OC)(c1ccccc1)c1ccccc1)(c1ccccc1)c1ccccc1. The van der Waals surface area contributed by atoms with E-state index in [0.29, 0.717) is 0 Å². The molecule has 0 unspecified atom stereocenters. The van der Waals surface area contributed by atoms with E-state index in [1.54, 1.807) is 14.2 Å². The molecule has 4 aromatic rings. The molecule has 0 radical (unpaired) electrons. The molecule has 0 heterocycles. The third-order valence-electron chi connectivity index (χ3n) is 5.21. The molecule has 0 atom stereocenters. The van der Waals surface area contributed by atoms with E-state index in [1.165, 1.54) is 0 Å². The third-order valence-corrected chi connectivity index (χ3v) is 12.3. The van der Waals surface area contributed by atoms with Gasteiger partial charge in [0.05, 0.1) is 21.2 Å². The van der Waals surface area contributed by atoms with Crippen molar-refractivity contribution in [1.82, 2.24) is 4.17 Å². The molecule has 0 aliphatic rings. The molecule has 0 spiro atoms. The van der Waals surface area contributed by atoms with Crippen molar-refractivity contribution in [3.05, 3.63) is 121 Å². The summed E-state index contributed by atoms with van der Waals surface area (Å²) in [6.45, 7) is 0. The summed E-state index contributed by atoms with van der Waals surface area (Å²) in [6.07, 6.45) is 0. The van der Waals surface area contributed by atoms with Gasteiger partial charge in [0.1, 0.15) is 0 Å². The van der Waals surface area contributed by atoms with Gasteiger partial charge in [-0.05, 0) is 48.5 Å². The van der Waals surface area contributed by atoms with Crippen LogP contribution in [-0.4, -0.2) is 14.2 Å². The van der Waals surface area contributed by atoms with Gasteiger partial charge in [0, 0.05) is 14.2 Å². The zero-order valence-corrected chi connectivity index (χ0v) is 19.5. The first-order chi connectivity index (χ1) is 15.2. The summed E-state index contributed by atoms with van der Waals surface area (Å²) in [4.78, 5) is 0. The molecule has 31 heavy (non-hydrogen) atoms. The first-order valence-corrected chi connectivity index (χ1v) is 13.4. The van der Waals surface area contributed by atoms with Gasteiger partial charge < -0.3 is 0 Å². The second-order valence-corrected chi connectivity index (χ2v) is 12.8. The highest BCUT2D eigenvalue weighted by atomic mass is 31.2. The van der Waals surface area contributed by atoms with Gasteiger partial charge in [-0.2, -0.15) is 0 Å². The normalized spacial score (nSPS) is 11.7. The standard InChI is InChI=1S/C26H26NO2P2/c1-28-30(23-15-7-3-8-16-23,24-17-9-4-10-18-24)27-31(29-2,25-19-11-5-12-20-25)26-21-13-6-14-22-26/h3-22H,1-2H3/q+1. The zero-order valence-electron chi connectivity index (χ0n) is 17.7. The highest BCUT2D eigenvalue weighted by Crippen LogP contribution is 2.51. The molecule has 0 saturated carbocycles. The van der Waals surface area contributed by atoms with Gasteiger partial charge in [0.25, 0.3) is 0 Å². The quantitative estimate of drug-likeness (QED) is 0.312. The van der Waals surface area contributed by atoms with Crippen LogP contribution in [0.3, 0.4) is 0 Å². The van der Waals surface area contributed by atoms with Crippen molar-refractivity contribution < 1.29 is 9.05 Å². The Hall–Kier alpha value is -2.63. The van der Waals surface area contributed by atoms with Gasteiger partial charge in [-0.15, -0.1) is 0 Å². The Morgan fingerprint density at radius 3 is 0.839 bits per heavy atom. The minimum Gasteiger partial charge on any atom is -0.297 e. The van der Waals surface area contributed by atoms with Gasteiger partial charge in [-0.3, -0.25) is 9.05 Å². The average molecular weight is 446 g/mol. The smallest absolute Gasteiger partial charge is 0.297 e. The largest absolute Gasteiger partial charge is 0.400 e. The molecule has 5 heteroatoms. The van der Waals surface area contributed by atoms with Crippen molar-refractivity contribution in [1.29, 1.82) is 0 Å². The van der Waals surface area contributed by atoms with Crippen molar-refractivity contribution in [3.8, 4) is 0 Å². The molecule has 4 aromatic carbocycles. The van der Waals surface area contributed by atoms with Crippen LogP contribution in [0.5, 0.6) is 0 Å². The van der Waals surface area contributed by atoms with E-state index in [9.17, 15) is 0 Å². The van der Waals surface area contributed by atoms with E-state index in [4.69, 9.17) is 13.2 Å². The van der Waals surface area contributed by atoms with E-state index < -0.39 is 14.6 Å². The Morgan fingerprint density at radius 2 is 0.645 bits per heavy atom. The molecule has 0 fully saturated rings. The molecule has 0 aliphatic heterocycles. The number of hydrogen-bond acceptors (Lipinski definition) is 2. The van der Waals surface area contributed by atoms with E-state index >= 15 is 0 Å². The summed E-state index contributed by atoms with van der Waals surface area (Å²) in [7, 11) is -1.68. The Labute approximate surface area is 184 Å². The predicted molar refractivity (Wildman–Crippen MR) is 134 cm³/mol. The molecule has 0 saturated heterocycles. The third kappa shape index (κ3) is 4.12. The second-order valence-electron chi connectivity index (χ2n) is 6.95. The number of benzene rings is 4. The summed E-state index contributed by atoms with van der Waals surface area (Å²) >= 11 is 0. The Bertz CT molecular complexity index is 1050. The summed E-state index contributed by atoms with van der Waals surface area (Å²) in [5, 5.41) is 4.27. The maximum atomic E-state index is 6.40. The topological polar surface area (TPSA) is 32.6 Å². The molecule has 0 amide bonds. The van der Waals surface area contributed by atoms with Crippen molar-refractivity contribution in [2.75, 3.05) is 14.2 Å². The fourth-order valence-electron chi connectivity index (χ4n) is 3.70. The second kappa shape index (κ2) is 9.67. The lowest BCUT2D eigenvalue weighted by Crippen LogP contribution is -2.23. The van der Waals surface area contributed by atoms with Gasteiger partial charge in [-0.1, -0.05) is 77.0 Å². The first kappa shape index (κ1) is 21.6. The number of nitrogens with zero attached hydrogens (tertiary/aromatic N) is 1. The number of rotatable bonds is 6. The maximum absolute atomic E-state index is 6.40. The Balaban J connectivity index is 2.30. The molecular formula is C26H26NO2P2+. The van der Waals surface area contributed by atoms with E-state index in [1.807, 2.05) is 72.8 Å². The van der Waals surface area contributed by atoms with Crippen LogP contribution >= 0.6 is 14.6 Å². The minimum absolute atomic E-state index is 1.07. The Kier molecular flexibility index (Phi) is 6.73. The van der Waals surface area contributed by atoms with Crippen LogP contribution in [-0.2, 0) is 9.05 Å². The highest BCUT2D eigenvalue weighted by molar-refractivity contribution is 7.83.